The van der Waals surface area contributed by atoms with Gasteiger partial charge in [-0.2, -0.15) is 0 Å². The van der Waals surface area contributed by atoms with Crippen molar-refractivity contribution < 1.29 is 19.1 Å². The van der Waals surface area contributed by atoms with Gasteiger partial charge < -0.3 is 19.4 Å². The van der Waals surface area contributed by atoms with Crippen LogP contribution >= 0.6 is 0 Å². The first kappa shape index (κ1) is 23.4. The highest BCUT2D eigenvalue weighted by atomic mass is 16.6. The summed E-state index contributed by atoms with van der Waals surface area (Å²) < 4.78 is 13.5. The number of hydrogen-bond acceptors (Lipinski definition) is 4. The van der Waals surface area contributed by atoms with Crippen molar-refractivity contribution in [2.24, 2.45) is 0 Å². The van der Waals surface area contributed by atoms with Crippen LogP contribution in [0.5, 0.6) is 5.75 Å². The van der Waals surface area contributed by atoms with E-state index in [0.29, 0.717) is 12.4 Å². The van der Waals surface area contributed by atoms with Crippen LogP contribution in [0.25, 0.3) is 22.2 Å². The molecule has 0 saturated carbocycles. The van der Waals surface area contributed by atoms with Crippen LogP contribution in [0.15, 0.2) is 42.5 Å². The van der Waals surface area contributed by atoms with Gasteiger partial charge in [0.1, 0.15) is 5.75 Å². The second-order valence-electron chi connectivity index (χ2n) is 8.40. The van der Waals surface area contributed by atoms with Crippen molar-refractivity contribution in [3.63, 3.8) is 0 Å². The molecule has 0 bridgehead atoms. The SMILES string of the molecule is CCCn1c(-c2ccc(NC(C)=O)cc2)c(C)c2cc(OC(C)(C)C(=O)OCC)ccc21. The van der Waals surface area contributed by atoms with Crippen molar-refractivity contribution in [3.8, 4) is 17.0 Å². The third-order valence-electron chi connectivity index (χ3n) is 5.35. The number of nitrogens with zero attached hydrogens (tertiary/aromatic N) is 1. The Labute approximate surface area is 189 Å². The van der Waals surface area contributed by atoms with Gasteiger partial charge in [0.2, 0.25) is 5.91 Å². The number of esters is 1. The average molecular weight is 437 g/mol. The van der Waals surface area contributed by atoms with E-state index >= 15 is 0 Å². The number of amides is 1. The number of fused-ring (bicyclic) bond motifs is 1. The maximum atomic E-state index is 12.2. The van der Waals surface area contributed by atoms with E-state index in [1.54, 1.807) is 20.8 Å². The molecule has 2 aromatic carbocycles. The fourth-order valence-corrected chi connectivity index (χ4v) is 3.95. The van der Waals surface area contributed by atoms with E-state index in [9.17, 15) is 9.59 Å². The molecule has 0 fully saturated rings. The lowest BCUT2D eigenvalue weighted by atomic mass is 10.1. The van der Waals surface area contributed by atoms with Crippen molar-refractivity contribution in [2.45, 2.75) is 60.1 Å². The van der Waals surface area contributed by atoms with Gasteiger partial charge in [-0.3, -0.25) is 4.79 Å². The van der Waals surface area contributed by atoms with Gasteiger partial charge in [-0.25, -0.2) is 4.79 Å². The zero-order valence-corrected chi connectivity index (χ0v) is 19.7. The first-order valence-corrected chi connectivity index (χ1v) is 11.0. The van der Waals surface area contributed by atoms with Crippen LogP contribution < -0.4 is 10.1 Å². The minimum Gasteiger partial charge on any atom is -0.476 e. The second kappa shape index (κ2) is 9.47. The molecule has 1 N–H and O–H groups in total. The lowest BCUT2D eigenvalue weighted by Gasteiger charge is -2.24. The topological polar surface area (TPSA) is 69.6 Å². The van der Waals surface area contributed by atoms with Gasteiger partial charge in [0, 0.05) is 30.1 Å². The predicted molar refractivity (Wildman–Crippen MR) is 128 cm³/mol. The molecule has 0 aliphatic rings. The first-order valence-electron chi connectivity index (χ1n) is 11.0. The lowest BCUT2D eigenvalue weighted by Crippen LogP contribution is -2.39. The van der Waals surface area contributed by atoms with Crippen LogP contribution in [0.4, 0.5) is 5.69 Å². The summed E-state index contributed by atoms with van der Waals surface area (Å²) in [6, 6.07) is 13.8. The number of benzene rings is 2. The Morgan fingerprint density at radius 1 is 1.06 bits per heavy atom. The molecule has 0 aliphatic carbocycles. The Bertz CT molecular complexity index is 1130. The normalized spacial score (nSPS) is 11.4. The van der Waals surface area contributed by atoms with Crippen LogP contribution in [-0.4, -0.2) is 28.7 Å². The van der Waals surface area contributed by atoms with Gasteiger partial charge in [0.15, 0.2) is 5.60 Å². The lowest BCUT2D eigenvalue weighted by molar-refractivity contribution is -0.158. The van der Waals surface area contributed by atoms with Gasteiger partial charge in [-0.05, 0) is 75.6 Å². The molecule has 1 amide bonds. The molecule has 3 aromatic rings. The van der Waals surface area contributed by atoms with Crippen LogP contribution in [0.2, 0.25) is 0 Å². The third-order valence-corrected chi connectivity index (χ3v) is 5.35. The van der Waals surface area contributed by atoms with E-state index in [-0.39, 0.29) is 11.9 Å². The van der Waals surface area contributed by atoms with E-state index in [1.165, 1.54) is 6.92 Å². The summed E-state index contributed by atoms with van der Waals surface area (Å²) in [5.74, 6) is 0.146. The van der Waals surface area contributed by atoms with E-state index in [4.69, 9.17) is 9.47 Å². The molecular formula is C26H32N2O4. The minimum absolute atomic E-state index is 0.0905. The van der Waals surface area contributed by atoms with Crippen molar-refractivity contribution in [1.82, 2.24) is 4.57 Å². The molecule has 0 atom stereocenters. The molecule has 0 saturated heterocycles. The molecule has 3 rings (SSSR count). The van der Waals surface area contributed by atoms with Gasteiger partial charge in [0.25, 0.3) is 0 Å². The summed E-state index contributed by atoms with van der Waals surface area (Å²) in [7, 11) is 0. The number of carbonyl (C=O) groups is 2. The molecule has 0 unspecified atom stereocenters. The van der Waals surface area contributed by atoms with Gasteiger partial charge in [0.05, 0.1) is 12.3 Å². The highest BCUT2D eigenvalue weighted by Gasteiger charge is 2.31. The Balaban J connectivity index is 2.04. The highest BCUT2D eigenvalue weighted by Crippen LogP contribution is 2.36. The fourth-order valence-electron chi connectivity index (χ4n) is 3.95. The fraction of sp³-hybridized carbons (Fsp3) is 0.385. The van der Waals surface area contributed by atoms with E-state index < -0.39 is 5.60 Å². The molecule has 1 aromatic heterocycles. The van der Waals surface area contributed by atoms with Gasteiger partial charge in [-0.15, -0.1) is 0 Å². The van der Waals surface area contributed by atoms with Crippen molar-refractivity contribution in [1.29, 1.82) is 0 Å². The summed E-state index contributed by atoms with van der Waals surface area (Å²) in [5, 5.41) is 3.89. The number of ether oxygens (including phenoxy) is 2. The standard InChI is InChI=1S/C26H32N2O4/c1-7-15-28-23-14-13-21(32-26(5,6)25(30)31-8-2)16-22(23)17(3)24(28)19-9-11-20(12-10-19)27-18(4)29/h9-14,16H,7-8,15H2,1-6H3,(H,27,29). The Kier molecular flexibility index (Phi) is 6.92. The van der Waals surface area contributed by atoms with E-state index in [2.05, 4.69) is 23.7 Å². The highest BCUT2D eigenvalue weighted by molar-refractivity contribution is 5.93. The molecule has 6 heteroatoms. The molecule has 170 valence electrons. The molecule has 0 radical (unpaired) electrons. The number of anilines is 1. The molecule has 0 aliphatic heterocycles. The van der Waals surface area contributed by atoms with Gasteiger partial charge >= 0.3 is 5.97 Å². The largest absolute Gasteiger partial charge is 0.476 e. The van der Waals surface area contributed by atoms with Crippen molar-refractivity contribution >= 4 is 28.5 Å². The summed E-state index contributed by atoms with van der Waals surface area (Å²) in [5.41, 5.74) is 4.17. The second-order valence-corrected chi connectivity index (χ2v) is 8.40. The number of carbonyl (C=O) groups excluding carboxylic acids is 2. The van der Waals surface area contributed by atoms with Crippen LogP contribution in [0, 0.1) is 6.92 Å². The third kappa shape index (κ3) is 4.79. The number of aromatic nitrogens is 1. The predicted octanol–water partition coefficient (Wildman–Crippen LogP) is 5.71. The smallest absolute Gasteiger partial charge is 0.349 e. The molecule has 1 heterocycles. The van der Waals surface area contributed by atoms with Crippen molar-refractivity contribution in [3.05, 3.63) is 48.0 Å². The maximum Gasteiger partial charge on any atom is 0.349 e. The zero-order chi connectivity index (χ0) is 23.5. The van der Waals surface area contributed by atoms with Crippen LogP contribution in [0.3, 0.4) is 0 Å². The number of aryl methyl sites for hydroxylation is 2. The Morgan fingerprint density at radius 2 is 1.75 bits per heavy atom. The first-order chi connectivity index (χ1) is 15.2. The molecule has 32 heavy (non-hydrogen) atoms. The Morgan fingerprint density at radius 3 is 2.34 bits per heavy atom. The van der Waals surface area contributed by atoms with E-state index in [1.807, 2.05) is 42.5 Å². The van der Waals surface area contributed by atoms with Crippen LogP contribution in [-0.2, 0) is 20.9 Å². The maximum absolute atomic E-state index is 12.2. The number of nitrogens with one attached hydrogen (secondary N) is 1. The summed E-state index contributed by atoms with van der Waals surface area (Å²) in [6.45, 7) is 12.2. The van der Waals surface area contributed by atoms with E-state index in [0.717, 1.165) is 46.4 Å². The van der Waals surface area contributed by atoms with Crippen molar-refractivity contribution in [2.75, 3.05) is 11.9 Å². The monoisotopic (exact) mass is 436 g/mol. The van der Waals surface area contributed by atoms with Crippen LogP contribution in [0.1, 0.15) is 46.6 Å². The number of rotatable bonds is 8. The molecular weight excluding hydrogens is 404 g/mol. The summed E-state index contributed by atoms with van der Waals surface area (Å²) >= 11 is 0. The minimum atomic E-state index is -1.08. The average Bonchev–Trinajstić information content (AvgIpc) is 3.00. The Hall–Kier alpha value is -3.28. The molecule has 6 nitrogen and oxygen atoms in total. The summed E-state index contributed by atoms with van der Waals surface area (Å²) in [6.07, 6.45) is 0.994. The zero-order valence-electron chi connectivity index (χ0n) is 19.7. The van der Waals surface area contributed by atoms with Gasteiger partial charge in [-0.1, -0.05) is 19.1 Å². The summed E-state index contributed by atoms with van der Waals surface area (Å²) in [4.78, 5) is 23.6. The number of hydrogen-bond donors (Lipinski definition) is 1. The quantitative estimate of drug-likeness (QED) is 0.460. The molecule has 0 spiro atoms.